The summed E-state index contributed by atoms with van der Waals surface area (Å²) >= 11 is 0. The summed E-state index contributed by atoms with van der Waals surface area (Å²) in [5.74, 6) is -0.0242. The summed E-state index contributed by atoms with van der Waals surface area (Å²) in [5.41, 5.74) is 4.59. The number of aromatic nitrogens is 2. The minimum atomic E-state index is -0.267. The largest absolute Gasteiger partial charge is 0.434 e. The smallest absolute Gasteiger partial charge is 0.228 e. The lowest BCUT2D eigenvalue weighted by Crippen LogP contribution is -2.03. The molecule has 170 valence electrons. The number of allylic oxidation sites excluding steroid dienone is 1. The van der Waals surface area contributed by atoms with E-state index in [0.717, 1.165) is 22.0 Å². The van der Waals surface area contributed by atoms with Crippen molar-refractivity contribution in [1.29, 1.82) is 0 Å². The van der Waals surface area contributed by atoms with Crippen molar-refractivity contribution in [2.24, 2.45) is 0 Å². The van der Waals surface area contributed by atoms with Crippen LogP contribution in [0.1, 0.15) is 26.4 Å². The first-order chi connectivity index (χ1) is 17.7. The van der Waals surface area contributed by atoms with Crippen molar-refractivity contribution in [3.63, 3.8) is 0 Å². The van der Waals surface area contributed by atoms with Gasteiger partial charge in [0.25, 0.3) is 0 Å². The van der Waals surface area contributed by atoms with Crippen LogP contribution < -0.4 is 0 Å². The number of Topliss-reactive ketones (excluding diaryl/α,β-unsaturated/α-hetero) is 2. The fraction of sp³-hybridized carbons (Fsp3) is 0. The molecule has 0 atom stereocenters. The topological polar surface area (TPSA) is 65.1 Å². The fourth-order valence-corrected chi connectivity index (χ4v) is 4.85. The Morgan fingerprint density at radius 1 is 0.694 bits per heavy atom. The second-order valence-corrected chi connectivity index (χ2v) is 8.77. The van der Waals surface area contributed by atoms with Gasteiger partial charge in [0.15, 0.2) is 22.8 Å². The normalized spacial score (nSPS) is 13.1. The molecule has 0 amide bonds. The number of rotatable bonds is 3. The summed E-state index contributed by atoms with van der Waals surface area (Å²) in [6, 6.07) is 32.6. The zero-order valence-electron chi connectivity index (χ0n) is 19.0. The monoisotopic (exact) mass is 466 g/mol. The third-order valence-electron chi connectivity index (χ3n) is 6.58. The number of hydrogen-bond donors (Lipinski definition) is 0. The standard InChI is InChI=1S/C31H18N2O3/c34-28-24-15-20-11-7-8-12-21(20)16-25(24)29(35)26(28)17-23-18-27-30(33(23)22-13-5-2-6-14-22)32-31(36-27)19-9-3-1-4-10-19/h1-18H. The number of hydrogen-bond acceptors (Lipinski definition) is 4. The molecule has 0 aliphatic heterocycles. The van der Waals surface area contributed by atoms with Crippen LogP contribution in [0, 0.1) is 0 Å². The van der Waals surface area contributed by atoms with Crippen LogP contribution in [0.3, 0.4) is 0 Å². The zero-order valence-corrected chi connectivity index (χ0v) is 19.0. The first-order valence-corrected chi connectivity index (χ1v) is 11.6. The predicted octanol–water partition coefficient (Wildman–Crippen LogP) is 6.90. The van der Waals surface area contributed by atoms with Crippen molar-refractivity contribution in [1.82, 2.24) is 9.55 Å². The first kappa shape index (κ1) is 20.4. The Labute approximate surface area is 205 Å². The average Bonchev–Trinajstić information content (AvgIpc) is 3.55. The van der Waals surface area contributed by atoms with E-state index in [1.165, 1.54) is 0 Å². The van der Waals surface area contributed by atoms with Crippen molar-refractivity contribution < 1.29 is 14.0 Å². The molecule has 2 aromatic heterocycles. The Hall–Kier alpha value is -5.03. The molecule has 6 aromatic rings. The van der Waals surface area contributed by atoms with Crippen molar-refractivity contribution >= 4 is 39.6 Å². The molecule has 0 radical (unpaired) electrons. The number of fused-ring (bicyclic) bond motifs is 3. The number of carbonyl (C=O) groups excluding carboxylic acids is 2. The van der Waals surface area contributed by atoms with E-state index in [1.807, 2.05) is 108 Å². The van der Waals surface area contributed by atoms with Crippen molar-refractivity contribution in [2.45, 2.75) is 0 Å². The maximum atomic E-state index is 13.4. The minimum absolute atomic E-state index is 0.140. The van der Waals surface area contributed by atoms with E-state index in [4.69, 9.17) is 9.40 Å². The molecule has 7 rings (SSSR count). The highest BCUT2D eigenvalue weighted by molar-refractivity contribution is 6.42. The van der Waals surface area contributed by atoms with E-state index in [0.29, 0.717) is 33.9 Å². The van der Waals surface area contributed by atoms with Crippen LogP contribution in [0.15, 0.2) is 113 Å². The molecule has 4 aromatic carbocycles. The van der Waals surface area contributed by atoms with E-state index < -0.39 is 0 Å². The molecule has 5 nitrogen and oxygen atoms in total. The molecule has 36 heavy (non-hydrogen) atoms. The Kier molecular flexibility index (Phi) is 4.38. The van der Waals surface area contributed by atoms with E-state index in [1.54, 1.807) is 6.08 Å². The van der Waals surface area contributed by atoms with Gasteiger partial charge in [0.05, 0.1) is 11.3 Å². The quantitative estimate of drug-likeness (QED) is 0.210. The third kappa shape index (κ3) is 3.07. The summed E-state index contributed by atoms with van der Waals surface area (Å²) in [6.07, 6.45) is 1.65. The number of oxazole rings is 1. The Morgan fingerprint density at radius 3 is 1.92 bits per heavy atom. The molecule has 1 aliphatic rings. The summed E-state index contributed by atoms with van der Waals surface area (Å²) < 4.78 is 8.01. The van der Waals surface area contributed by atoms with E-state index in [2.05, 4.69) is 0 Å². The van der Waals surface area contributed by atoms with Crippen LogP contribution in [0.5, 0.6) is 0 Å². The number of nitrogens with zero attached hydrogens (tertiary/aromatic N) is 2. The highest BCUT2D eigenvalue weighted by atomic mass is 16.3. The molecule has 0 fully saturated rings. The maximum absolute atomic E-state index is 13.4. The summed E-state index contributed by atoms with van der Waals surface area (Å²) in [4.78, 5) is 31.5. The van der Waals surface area contributed by atoms with Gasteiger partial charge < -0.3 is 4.42 Å². The van der Waals surface area contributed by atoms with Gasteiger partial charge in [0.1, 0.15) is 0 Å². The van der Waals surface area contributed by atoms with Gasteiger partial charge in [-0.3, -0.25) is 14.2 Å². The van der Waals surface area contributed by atoms with E-state index in [-0.39, 0.29) is 17.1 Å². The molecule has 5 heteroatoms. The molecule has 0 unspecified atom stereocenters. The molecule has 0 saturated heterocycles. The zero-order chi connectivity index (χ0) is 24.2. The minimum Gasteiger partial charge on any atom is -0.434 e. The lowest BCUT2D eigenvalue weighted by Gasteiger charge is -2.07. The van der Waals surface area contributed by atoms with Crippen LogP contribution in [-0.4, -0.2) is 21.1 Å². The van der Waals surface area contributed by atoms with Crippen LogP contribution in [0.2, 0.25) is 0 Å². The molecular formula is C31H18N2O3. The maximum Gasteiger partial charge on any atom is 0.228 e. The van der Waals surface area contributed by atoms with Gasteiger partial charge in [-0.2, -0.15) is 4.98 Å². The SMILES string of the molecule is O=C1C(=Cc2cc3oc(-c4ccccc4)nc3n2-c2ccccc2)C(=O)c2cc3ccccc3cc21. The number of benzene rings is 4. The van der Waals surface area contributed by atoms with Gasteiger partial charge in [0.2, 0.25) is 5.89 Å². The van der Waals surface area contributed by atoms with Crippen molar-refractivity contribution in [3.05, 3.63) is 126 Å². The molecular weight excluding hydrogens is 448 g/mol. The van der Waals surface area contributed by atoms with Crippen LogP contribution >= 0.6 is 0 Å². The molecule has 0 spiro atoms. The molecule has 1 aliphatic carbocycles. The molecule has 0 N–H and O–H groups in total. The van der Waals surface area contributed by atoms with Crippen LogP contribution in [0.25, 0.3) is 45.2 Å². The van der Waals surface area contributed by atoms with Gasteiger partial charge in [-0.15, -0.1) is 0 Å². The van der Waals surface area contributed by atoms with E-state index >= 15 is 0 Å². The van der Waals surface area contributed by atoms with Gasteiger partial charge in [0, 0.05) is 28.4 Å². The lowest BCUT2D eigenvalue weighted by molar-refractivity contribution is 0.0990. The van der Waals surface area contributed by atoms with Gasteiger partial charge in [-0.1, -0.05) is 60.7 Å². The number of para-hydroxylation sites is 1. The summed E-state index contributed by atoms with van der Waals surface area (Å²) in [5, 5.41) is 1.86. The average molecular weight is 466 g/mol. The van der Waals surface area contributed by atoms with Gasteiger partial charge in [-0.05, 0) is 53.2 Å². The van der Waals surface area contributed by atoms with Crippen LogP contribution in [0.4, 0.5) is 0 Å². The van der Waals surface area contributed by atoms with Crippen molar-refractivity contribution in [3.8, 4) is 17.1 Å². The Bertz CT molecular complexity index is 1800. The van der Waals surface area contributed by atoms with Gasteiger partial charge >= 0.3 is 0 Å². The first-order valence-electron chi connectivity index (χ1n) is 11.6. The highest BCUT2D eigenvalue weighted by Gasteiger charge is 2.34. The molecule has 0 bridgehead atoms. The fourth-order valence-electron chi connectivity index (χ4n) is 4.85. The lowest BCUT2D eigenvalue weighted by atomic mass is 10.0. The van der Waals surface area contributed by atoms with Crippen LogP contribution in [-0.2, 0) is 0 Å². The molecule has 2 heterocycles. The second kappa shape index (κ2) is 7.75. The van der Waals surface area contributed by atoms with Gasteiger partial charge in [-0.25, -0.2) is 0 Å². The number of carbonyl (C=O) groups is 2. The second-order valence-electron chi connectivity index (χ2n) is 8.77. The summed E-state index contributed by atoms with van der Waals surface area (Å²) in [6.45, 7) is 0. The summed E-state index contributed by atoms with van der Waals surface area (Å²) in [7, 11) is 0. The van der Waals surface area contributed by atoms with E-state index in [9.17, 15) is 9.59 Å². The Balaban J connectivity index is 1.40. The molecule has 0 saturated carbocycles. The third-order valence-corrected chi connectivity index (χ3v) is 6.58. The predicted molar refractivity (Wildman–Crippen MR) is 139 cm³/mol. The number of ketones is 2. The highest BCUT2D eigenvalue weighted by Crippen LogP contribution is 2.34. The van der Waals surface area contributed by atoms with Crippen molar-refractivity contribution in [2.75, 3.05) is 0 Å². The Morgan fingerprint density at radius 2 is 1.28 bits per heavy atom.